The highest BCUT2D eigenvalue weighted by Gasteiger charge is 2.16. The number of nitrogens with one attached hydrogen (secondary N) is 1. The normalized spacial score (nSPS) is 15.8. The monoisotopic (exact) mass is 447 g/mol. The van der Waals surface area contributed by atoms with Gasteiger partial charge in [0.1, 0.15) is 11.2 Å². The van der Waals surface area contributed by atoms with Crippen LogP contribution in [0.25, 0.3) is 26.3 Å². The molecular formula is C25H25N3O3S. The highest BCUT2D eigenvalue weighted by Crippen LogP contribution is 2.32. The van der Waals surface area contributed by atoms with E-state index in [1.54, 1.807) is 18.0 Å². The van der Waals surface area contributed by atoms with Gasteiger partial charge in [0, 0.05) is 17.0 Å². The molecule has 0 aliphatic carbocycles. The zero-order valence-electron chi connectivity index (χ0n) is 17.9. The largest absolute Gasteiger partial charge is 0.493 e. The first kappa shape index (κ1) is 20.7. The lowest BCUT2D eigenvalue weighted by molar-refractivity contribution is 0.275. The van der Waals surface area contributed by atoms with Crippen LogP contribution in [0.1, 0.15) is 19.3 Å². The van der Waals surface area contributed by atoms with Gasteiger partial charge >= 0.3 is 0 Å². The quantitative estimate of drug-likeness (QED) is 0.447. The molecule has 164 valence electrons. The summed E-state index contributed by atoms with van der Waals surface area (Å²) in [6.07, 6.45) is 4.98. The van der Waals surface area contributed by atoms with Gasteiger partial charge in [-0.25, -0.2) is 4.98 Å². The molecule has 0 spiro atoms. The molecule has 1 unspecified atom stereocenters. The highest BCUT2D eigenvalue weighted by atomic mass is 32.1. The van der Waals surface area contributed by atoms with Crippen molar-refractivity contribution < 1.29 is 9.47 Å². The van der Waals surface area contributed by atoms with Crippen LogP contribution in [-0.2, 0) is 0 Å². The van der Waals surface area contributed by atoms with Crippen LogP contribution >= 0.6 is 11.3 Å². The minimum Gasteiger partial charge on any atom is -0.493 e. The third-order valence-electron chi connectivity index (χ3n) is 5.82. The van der Waals surface area contributed by atoms with E-state index in [1.165, 1.54) is 24.2 Å². The summed E-state index contributed by atoms with van der Waals surface area (Å²) < 4.78 is 13.1. The Morgan fingerprint density at radius 2 is 2.03 bits per heavy atom. The van der Waals surface area contributed by atoms with Gasteiger partial charge in [0.15, 0.2) is 11.5 Å². The third-order valence-corrected chi connectivity index (χ3v) is 6.91. The number of rotatable bonds is 7. The molecule has 4 aromatic rings. The molecular weight excluding hydrogens is 422 g/mol. The number of nitrogens with zero attached hydrogens (tertiary/aromatic N) is 2. The molecule has 2 aromatic carbocycles. The van der Waals surface area contributed by atoms with Crippen molar-refractivity contribution >= 4 is 21.6 Å². The summed E-state index contributed by atoms with van der Waals surface area (Å²) >= 11 is 1.52. The molecule has 1 N–H and O–H groups in total. The van der Waals surface area contributed by atoms with Gasteiger partial charge in [0.05, 0.1) is 24.8 Å². The molecule has 0 saturated carbocycles. The fraction of sp³-hybridized carbons (Fsp3) is 0.280. The van der Waals surface area contributed by atoms with E-state index in [4.69, 9.17) is 9.47 Å². The van der Waals surface area contributed by atoms with Crippen molar-refractivity contribution in [1.29, 1.82) is 0 Å². The van der Waals surface area contributed by atoms with E-state index >= 15 is 0 Å². The number of benzene rings is 2. The molecule has 1 fully saturated rings. The Hall–Kier alpha value is -3.16. The Bertz CT molecular complexity index is 1280. The molecule has 3 heterocycles. The van der Waals surface area contributed by atoms with Crippen molar-refractivity contribution in [3.05, 3.63) is 71.3 Å². The van der Waals surface area contributed by atoms with Gasteiger partial charge in [-0.05, 0) is 49.6 Å². The van der Waals surface area contributed by atoms with Gasteiger partial charge in [-0.2, -0.15) is 0 Å². The lowest BCUT2D eigenvalue weighted by Crippen LogP contribution is -2.23. The molecule has 2 aromatic heterocycles. The molecule has 6 nitrogen and oxygen atoms in total. The SMILES string of the molecule is COc1cc(-n2cnc3sc(-c4ccccc4)cc3c2=O)ccc1OCCC1CCCN1. The first-order chi connectivity index (χ1) is 15.7. The first-order valence-corrected chi connectivity index (χ1v) is 11.7. The summed E-state index contributed by atoms with van der Waals surface area (Å²) in [5, 5.41) is 4.09. The number of methoxy groups -OCH3 is 1. The van der Waals surface area contributed by atoms with E-state index < -0.39 is 0 Å². The Kier molecular flexibility index (Phi) is 5.92. The van der Waals surface area contributed by atoms with Gasteiger partial charge in [-0.15, -0.1) is 11.3 Å². The van der Waals surface area contributed by atoms with Crippen molar-refractivity contribution in [3.8, 4) is 27.6 Å². The maximum absolute atomic E-state index is 13.2. The van der Waals surface area contributed by atoms with E-state index in [1.807, 2.05) is 54.6 Å². The van der Waals surface area contributed by atoms with Crippen LogP contribution in [0, 0.1) is 0 Å². The number of ether oxygens (including phenoxy) is 2. The van der Waals surface area contributed by atoms with Crippen molar-refractivity contribution in [2.45, 2.75) is 25.3 Å². The van der Waals surface area contributed by atoms with Gasteiger partial charge < -0.3 is 14.8 Å². The molecule has 1 aliphatic rings. The second-order valence-corrected chi connectivity index (χ2v) is 8.91. The summed E-state index contributed by atoms with van der Waals surface area (Å²) in [5.41, 5.74) is 1.67. The van der Waals surface area contributed by atoms with Crippen molar-refractivity contribution in [2.24, 2.45) is 0 Å². The van der Waals surface area contributed by atoms with Crippen LogP contribution in [0.5, 0.6) is 11.5 Å². The van der Waals surface area contributed by atoms with E-state index in [2.05, 4.69) is 10.3 Å². The topological polar surface area (TPSA) is 65.4 Å². The number of hydrogen-bond acceptors (Lipinski definition) is 6. The maximum Gasteiger partial charge on any atom is 0.266 e. The van der Waals surface area contributed by atoms with Gasteiger partial charge in [-0.3, -0.25) is 9.36 Å². The standard InChI is InChI=1S/C25H25N3O3S/c1-30-22-14-19(9-10-21(22)31-13-11-18-8-5-12-26-18)28-16-27-24-20(25(28)29)15-23(32-24)17-6-3-2-4-7-17/h2-4,6-7,9-10,14-16,18,26H,5,8,11-13H2,1H3. The Morgan fingerprint density at radius 1 is 1.16 bits per heavy atom. The molecule has 1 atom stereocenters. The molecule has 32 heavy (non-hydrogen) atoms. The predicted octanol–water partition coefficient (Wildman–Crippen LogP) is 4.64. The van der Waals surface area contributed by atoms with Gasteiger partial charge in [0.2, 0.25) is 0 Å². The zero-order valence-corrected chi connectivity index (χ0v) is 18.7. The van der Waals surface area contributed by atoms with Crippen LogP contribution < -0.4 is 20.3 Å². The molecule has 5 rings (SSSR count). The lowest BCUT2D eigenvalue weighted by atomic mass is 10.2. The molecule has 1 aliphatic heterocycles. The molecule has 0 bridgehead atoms. The van der Waals surface area contributed by atoms with Crippen LogP contribution in [0.4, 0.5) is 0 Å². The number of hydrogen-bond donors (Lipinski definition) is 1. The average molecular weight is 448 g/mol. The fourth-order valence-electron chi connectivity index (χ4n) is 4.09. The number of fused-ring (bicyclic) bond motifs is 1. The first-order valence-electron chi connectivity index (χ1n) is 10.8. The summed E-state index contributed by atoms with van der Waals surface area (Å²) in [6, 6.07) is 18.0. The van der Waals surface area contributed by atoms with E-state index in [0.29, 0.717) is 35.2 Å². The van der Waals surface area contributed by atoms with Crippen molar-refractivity contribution in [3.63, 3.8) is 0 Å². The predicted molar refractivity (Wildman–Crippen MR) is 128 cm³/mol. The highest BCUT2D eigenvalue weighted by molar-refractivity contribution is 7.21. The van der Waals surface area contributed by atoms with E-state index in [9.17, 15) is 4.79 Å². The molecule has 7 heteroatoms. The lowest BCUT2D eigenvalue weighted by Gasteiger charge is -2.15. The van der Waals surface area contributed by atoms with Crippen molar-refractivity contribution in [1.82, 2.24) is 14.9 Å². The average Bonchev–Trinajstić information content (AvgIpc) is 3.51. The van der Waals surface area contributed by atoms with Gasteiger partial charge in [-0.1, -0.05) is 30.3 Å². The van der Waals surface area contributed by atoms with Crippen LogP contribution in [0.15, 0.2) is 65.7 Å². The van der Waals surface area contributed by atoms with Crippen LogP contribution in [-0.4, -0.2) is 35.9 Å². The molecule has 0 radical (unpaired) electrons. The minimum atomic E-state index is -0.100. The fourth-order valence-corrected chi connectivity index (χ4v) is 5.09. The van der Waals surface area contributed by atoms with E-state index in [0.717, 1.165) is 28.2 Å². The number of aromatic nitrogens is 2. The summed E-state index contributed by atoms with van der Waals surface area (Å²) in [4.78, 5) is 19.5. The Morgan fingerprint density at radius 3 is 2.81 bits per heavy atom. The van der Waals surface area contributed by atoms with Crippen LogP contribution in [0.2, 0.25) is 0 Å². The van der Waals surface area contributed by atoms with Crippen LogP contribution in [0.3, 0.4) is 0 Å². The molecule has 1 saturated heterocycles. The zero-order chi connectivity index (χ0) is 21.9. The summed E-state index contributed by atoms with van der Waals surface area (Å²) in [6.45, 7) is 1.71. The number of thiophene rings is 1. The minimum absolute atomic E-state index is 0.100. The Labute approximate surface area is 190 Å². The summed E-state index contributed by atoms with van der Waals surface area (Å²) in [5.74, 6) is 1.28. The molecule has 0 amide bonds. The third kappa shape index (κ3) is 4.13. The Balaban J connectivity index is 1.41. The van der Waals surface area contributed by atoms with Gasteiger partial charge in [0.25, 0.3) is 5.56 Å². The van der Waals surface area contributed by atoms with Crippen molar-refractivity contribution in [2.75, 3.05) is 20.3 Å². The van der Waals surface area contributed by atoms with E-state index in [-0.39, 0.29) is 5.56 Å². The second kappa shape index (κ2) is 9.14. The smallest absolute Gasteiger partial charge is 0.266 e. The summed E-state index contributed by atoms with van der Waals surface area (Å²) in [7, 11) is 1.61. The maximum atomic E-state index is 13.2. The second-order valence-electron chi connectivity index (χ2n) is 7.88.